The molecule has 1 rings (SSSR count). The van der Waals surface area contributed by atoms with Gasteiger partial charge in [-0.2, -0.15) is 8.78 Å². The van der Waals surface area contributed by atoms with Gasteiger partial charge in [-0.15, -0.1) is 0 Å². The van der Waals surface area contributed by atoms with Gasteiger partial charge in [0.2, 0.25) is 0 Å². The highest BCUT2D eigenvalue weighted by molar-refractivity contribution is 5.86. The van der Waals surface area contributed by atoms with Crippen molar-refractivity contribution in [1.29, 1.82) is 0 Å². The second kappa shape index (κ2) is 3.61. The number of carbonyl (C=O) groups excluding carboxylic acids is 2. The Morgan fingerprint density at radius 1 is 1.71 bits per heavy atom. The quantitative estimate of drug-likeness (QED) is 0.686. The minimum Gasteiger partial charge on any atom is -0.300 e. The molecular weight excluding hydrogens is 196 g/mol. The molecule has 80 valence electrons. The zero-order chi connectivity index (χ0) is 10.9. The first kappa shape index (κ1) is 11.0. The van der Waals surface area contributed by atoms with Crippen LogP contribution in [0.4, 0.5) is 8.78 Å². The molecule has 1 atom stereocenters. The molecule has 0 radical (unpaired) electrons. The Morgan fingerprint density at radius 2 is 2.29 bits per heavy atom. The molecule has 1 unspecified atom stereocenters. The summed E-state index contributed by atoms with van der Waals surface area (Å²) >= 11 is 0. The topological polar surface area (TPSA) is 46.6 Å². The number of Topliss-reactive ketones (excluding diaryl/α,β-unsaturated/α-hetero) is 1. The molecule has 0 aromatic heterocycles. The largest absolute Gasteiger partial charge is 0.329 e. The fourth-order valence-corrected chi connectivity index (χ4v) is 1.51. The van der Waals surface area contributed by atoms with Crippen molar-refractivity contribution in [2.45, 2.75) is 31.7 Å². The Bertz CT molecular complexity index is 267. The lowest BCUT2D eigenvalue weighted by Gasteiger charge is -2.19. The average molecular weight is 207 g/mol. The number of ketones is 1. The van der Waals surface area contributed by atoms with Gasteiger partial charge in [0.15, 0.2) is 0 Å². The summed E-state index contributed by atoms with van der Waals surface area (Å²) in [6.45, 7) is 1.29. The van der Waals surface area contributed by atoms with Crippen molar-refractivity contribution >= 4 is 11.7 Å². The van der Waals surface area contributed by atoms with Crippen LogP contribution in [0.3, 0.4) is 0 Å². The van der Waals surface area contributed by atoms with Crippen LogP contribution in [0.2, 0.25) is 0 Å². The van der Waals surface area contributed by atoms with E-state index in [1.165, 1.54) is 6.92 Å². The maximum Gasteiger partial charge on any atom is 0.329 e. The third-order valence-corrected chi connectivity index (χ3v) is 2.06. The second-order valence-electron chi connectivity index (χ2n) is 3.28. The SMILES string of the molecule is CON1C(=O)C(F)(F)CC1CC(C)=O. The summed E-state index contributed by atoms with van der Waals surface area (Å²) in [5, 5.41) is 0.585. The van der Waals surface area contributed by atoms with E-state index in [4.69, 9.17) is 0 Å². The first-order valence-electron chi connectivity index (χ1n) is 4.13. The van der Waals surface area contributed by atoms with Crippen molar-refractivity contribution in [2.24, 2.45) is 0 Å². The number of halogens is 2. The molecule has 0 spiro atoms. The minimum atomic E-state index is -3.41. The number of amides is 1. The lowest BCUT2D eigenvalue weighted by Crippen LogP contribution is -2.36. The minimum absolute atomic E-state index is 0.102. The van der Waals surface area contributed by atoms with Crippen molar-refractivity contribution in [3.8, 4) is 0 Å². The van der Waals surface area contributed by atoms with Crippen LogP contribution in [0, 0.1) is 0 Å². The van der Waals surface area contributed by atoms with Crippen LogP contribution >= 0.6 is 0 Å². The van der Waals surface area contributed by atoms with Crippen LogP contribution < -0.4 is 0 Å². The van der Waals surface area contributed by atoms with Gasteiger partial charge in [-0.3, -0.25) is 14.4 Å². The summed E-state index contributed by atoms with van der Waals surface area (Å²) in [6, 6.07) is -0.847. The number of nitrogens with zero attached hydrogens (tertiary/aromatic N) is 1. The third kappa shape index (κ3) is 1.89. The van der Waals surface area contributed by atoms with Crippen LogP contribution in [0.15, 0.2) is 0 Å². The number of rotatable bonds is 3. The highest BCUT2D eigenvalue weighted by Gasteiger charge is 2.54. The normalized spacial score (nSPS) is 25.6. The molecule has 1 aliphatic heterocycles. The van der Waals surface area contributed by atoms with Crippen LogP contribution in [0.5, 0.6) is 0 Å². The first-order chi connectivity index (χ1) is 6.38. The number of hydroxylamine groups is 2. The molecule has 14 heavy (non-hydrogen) atoms. The summed E-state index contributed by atoms with van der Waals surface area (Å²) in [4.78, 5) is 26.3. The van der Waals surface area contributed by atoms with E-state index in [2.05, 4.69) is 4.84 Å². The van der Waals surface area contributed by atoms with E-state index in [-0.39, 0.29) is 12.2 Å². The fourth-order valence-electron chi connectivity index (χ4n) is 1.51. The molecule has 0 saturated carbocycles. The van der Waals surface area contributed by atoms with Crippen molar-refractivity contribution in [1.82, 2.24) is 5.06 Å². The Morgan fingerprint density at radius 3 is 2.71 bits per heavy atom. The molecule has 0 bridgehead atoms. The molecule has 1 fully saturated rings. The van der Waals surface area contributed by atoms with E-state index in [0.29, 0.717) is 5.06 Å². The van der Waals surface area contributed by atoms with Gasteiger partial charge in [0.25, 0.3) is 0 Å². The molecule has 0 aromatic rings. The van der Waals surface area contributed by atoms with Crippen molar-refractivity contribution in [3.63, 3.8) is 0 Å². The summed E-state index contributed by atoms with van der Waals surface area (Å²) < 4.78 is 25.8. The maximum atomic E-state index is 12.9. The Hall–Kier alpha value is -1.04. The molecular formula is C8H11F2NO3. The van der Waals surface area contributed by atoms with E-state index < -0.39 is 24.3 Å². The molecule has 4 nitrogen and oxygen atoms in total. The standard InChI is InChI=1S/C8H11F2NO3/c1-5(12)3-6-4-8(9,10)7(13)11(6)14-2/h6H,3-4H2,1-2H3. The zero-order valence-corrected chi connectivity index (χ0v) is 7.92. The lowest BCUT2D eigenvalue weighted by atomic mass is 10.1. The van der Waals surface area contributed by atoms with Crippen molar-refractivity contribution in [3.05, 3.63) is 0 Å². The van der Waals surface area contributed by atoms with Gasteiger partial charge in [-0.05, 0) is 6.92 Å². The third-order valence-electron chi connectivity index (χ3n) is 2.06. The molecule has 0 aromatic carbocycles. The number of hydrogen-bond donors (Lipinski definition) is 0. The van der Waals surface area contributed by atoms with Crippen molar-refractivity contribution in [2.75, 3.05) is 7.11 Å². The molecule has 1 saturated heterocycles. The highest BCUT2D eigenvalue weighted by atomic mass is 19.3. The second-order valence-corrected chi connectivity index (χ2v) is 3.28. The molecule has 6 heteroatoms. The lowest BCUT2D eigenvalue weighted by molar-refractivity contribution is -0.188. The number of hydrogen-bond acceptors (Lipinski definition) is 3. The van der Waals surface area contributed by atoms with Crippen LogP contribution in [0.1, 0.15) is 19.8 Å². The Balaban J connectivity index is 2.78. The van der Waals surface area contributed by atoms with Crippen LogP contribution in [0.25, 0.3) is 0 Å². The summed E-state index contributed by atoms with van der Waals surface area (Å²) in [5.74, 6) is -5.02. The highest BCUT2D eigenvalue weighted by Crippen LogP contribution is 2.34. The van der Waals surface area contributed by atoms with Gasteiger partial charge in [-0.25, -0.2) is 5.06 Å². The van der Waals surface area contributed by atoms with E-state index in [0.717, 1.165) is 7.11 Å². The van der Waals surface area contributed by atoms with Crippen LogP contribution in [-0.4, -0.2) is 35.8 Å². The average Bonchev–Trinajstić information content (AvgIpc) is 2.22. The monoisotopic (exact) mass is 207 g/mol. The molecule has 0 aliphatic carbocycles. The summed E-state index contributed by atoms with van der Waals surface area (Å²) in [6.07, 6.45) is -0.756. The van der Waals surface area contributed by atoms with Gasteiger partial charge in [0, 0.05) is 12.8 Å². The van der Waals surface area contributed by atoms with Crippen LogP contribution in [-0.2, 0) is 14.4 Å². The van der Waals surface area contributed by atoms with E-state index >= 15 is 0 Å². The van der Waals surface area contributed by atoms with E-state index in [1.807, 2.05) is 0 Å². The zero-order valence-electron chi connectivity index (χ0n) is 7.92. The molecule has 1 aliphatic rings. The number of carbonyl (C=O) groups is 2. The molecule has 0 N–H and O–H groups in total. The Kier molecular flexibility index (Phi) is 2.84. The van der Waals surface area contributed by atoms with E-state index in [1.54, 1.807) is 0 Å². The van der Waals surface area contributed by atoms with Gasteiger partial charge in [-0.1, -0.05) is 0 Å². The summed E-state index contributed by atoms with van der Waals surface area (Å²) in [5.41, 5.74) is 0. The van der Waals surface area contributed by atoms with Gasteiger partial charge in [0.1, 0.15) is 5.78 Å². The fraction of sp³-hybridized carbons (Fsp3) is 0.750. The van der Waals surface area contributed by atoms with Crippen molar-refractivity contribution < 1.29 is 23.2 Å². The maximum absolute atomic E-state index is 12.9. The number of alkyl halides is 2. The van der Waals surface area contributed by atoms with Gasteiger partial charge >= 0.3 is 11.8 Å². The van der Waals surface area contributed by atoms with Gasteiger partial charge < -0.3 is 0 Å². The predicted molar refractivity (Wildman–Crippen MR) is 42.5 cm³/mol. The molecule has 1 amide bonds. The Labute approximate surface area is 79.8 Å². The summed E-state index contributed by atoms with van der Waals surface area (Å²) in [7, 11) is 1.13. The smallest absolute Gasteiger partial charge is 0.300 e. The molecule has 1 heterocycles. The van der Waals surface area contributed by atoms with E-state index in [9.17, 15) is 18.4 Å². The predicted octanol–water partition coefficient (Wildman–Crippen LogP) is 0.763. The van der Waals surface area contributed by atoms with Gasteiger partial charge in [0.05, 0.1) is 13.2 Å². The first-order valence-corrected chi connectivity index (χ1v) is 4.13.